The molecule has 0 saturated heterocycles. The Labute approximate surface area is 193 Å². The van der Waals surface area contributed by atoms with Gasteiger partial charge in [0.1, 0.15) is 0 Å². The van der Waals surface area contributed by atoms with Gasteiger partial charge in [-0.2, -0.15) is 0 Å². The Morgan fingerprint density at radius 3 is 2.41 bits per heavy atom. The van der Waals surface area contributed by atoms with Crippen LogP contribution in [-0.2, 0) is 19.3 Å². The Bertz CT molecular complexity index is 1100. The number of aliphatic imine (C=N–C) groups is 1. The molecule has 3 aromatic rings. The monoisotopic (exact) mass is 425 g/mol. The molecule has 0 atom stereocenters. The lowest BCUT2D eigenvalue weighted by molar-refractivity contribution is 0.910. The molecule has 3 aromatic carbocycles. The molecule has 0 radical (unpaired) electrons. The first-order chi connectivity index (χ1) is 15.7. The highest BCUT2D eigenvalue weighted by Gasteiger charge is 2.27. The first-order valence-corrected chi connectivity index (χ1v) is 12.0. The quantitative estimate of drug-likeness (QED) is 0.310. The number of hydrogen-bond donors (Lipinski definition) is 0. The zero-order chi connectivity index (χ0) is 22.5. The van der Waals surface area contributed by atoms with Crippen LogP contribution in [0, 0.1) is 6.92 Å². The lowest BCUT2D eigenvalue weighted by atomic mass is 10.1. The second-order valence-corrected chi connectivity index (χ2v) is 8.43. The third-order valence-corrected chi connectivity index (χ3v) is 6.40. The first kappa shape index (κ1) is 22.1. The van der Waals surface area contributed by atoms with E-state index in [0.29, 0.717) is 0 Å². The standard InChI is InChI=1S/C29H35N3/c1-5-23-14-10-17-25(21-23)32(28-20-12-16-24-15-11-18-26(24)28)29(30-6-2)31(7-3)27-19-9-8-13-22(27)4/h8-10,12-14,16-17,19-21H,5-7,11,15,18H2,1-4H3. The van der Waals surface area contributed by atoms with Gasteiger partial charge in [-0.1, -0.05) is 49.4 Å². The van der Waals surface area contributed by atoms with Crippen molar-refractivity contribution in [1.82, 2.24) is 0 Å². The molecule has 0 amide bonds. The maximum atomic E-state index is 5.12. The number of anilines is 3. The van der Waals surface area contributed by atoms with E-state index in [1.54, 1.807) is 0 Å². The third kappa shape index (κ3) is 4.29. The molecule has 0 saturated carbocycles. The van der Waals surface area contributed by atoms with Gasteiger partial charge in [-0.15, -0.1) is 0 Å². The number of para-hydroxylation sites is 1. The molecular weight excluding hydrogens is 390 g/mol. The second kappa shape index (κ2) is 10.0. The van der Waals surface area contributed by atoms with Gasteiger partial charge in [0.25, 0.3) is 0 Å². The summed E-state index contributed by atoms with van der Waals surface area (Å²) in [6.45, 7) is 10.3. The van der Waals surface area contributed by atoms with E-state index in [9.17, 15) is 0 Å². The van der Waals surface area contributed by atoms with Crippen molar-refractivity contribution in [2.75, 3.05) is 22.9 Å². The highest BCUT2D eigenvalue weighted by molar-refractivity contribution is 6.12. The summed E-state index contributed by atoms with van der Waals surface area (Å²) >= 11 is 0. The minimum atomic E-state index is 0.733. The lowest BCUT2D eigenvalue weighted by Crippen LogP contribution is -2.43. The highest BCUT2D eigenvalue weighted by Crippen LogP contribution is 2.37. The van der Waals surface area contributed by atoms with Crippen LogP contribution in [0.3, 0.4) is 0 Å². The maximum Gasteiger partial charge on any atom is 0.210 e. The minimum Gasteiger partial charge on any atom is -0.312 e. The van der Waals surface area contributed by atoms with Crippen molar-refractivity contribution in [3.63, 3.8) is 0 Å². The maximum absolute atomic E-state index is 5.12. The third-order valence-electron chi connectivity index (χ3n) is 6.40. The van der Waals surface area contributed by atoms with Gasteiger partial charge in [-0.25, -0.2) is 0 Å². The predicted molar refractivity (Wildman–Crippen MR) is 139 cm³/mol. The van der Waals surface area contributed by atoms with Crippen molar-refractivity contribution < 1.29 is 0 Å². The van der Waals surface area contributed by atoms with Crippen molar-refractivity contribution in [3.05, 3.63) is 89.0 Å². The van der Waals surface area contributed by atoms with Crippen molar-refractivity contribution in [1.29, 1.82) is 0 Å². The van der Waals surface area contributed by atoms with E-state index in [0.717, 1.165) is 31.9 Å². The summed E-state index contributed by atoms with van der Waals surface area (Å²) in [6, 6.07) is 24.3. The zero-order valence-corrected chi connectivity index (χ0v) is 19.9. The Kier molecular flexibility index (Phi) is 6.94. The van der Waals surface area contributed by atoms with Crippen LogP contribution in [0.5, 0.6) is 0 Å². The fourth-order valence-corrected chi connectivity index (χ4v) is 4.79. The smallest absolute Gasteiger partial charge is 0.210 e. The van der Waals surface area contributed by atoms with Gasteiger partial charge in [0.15, 0.2) is 0 Å². The number of nitrogens with zero attached hydrogens (tertiary/aromatic N) is 3. The van der Waals surface area contributed by atoms with Gasteiger partial charge in [-0.05, 0) is 93.0 Å². The number of fused-ring (bicyclic) bond motifs is 1. The second-order valence-electron chi connectivity index (χ2n) is 8.43. The molecule has 1 aliphatic rings. The summed E-state index contributed by atoms with van der Waals surface area (Å²) in [5.74, 6) is 0.998. The average Bonchev–Trinajstić information content (AvgIpc) is 3.31. The van der Waals surface area contributed by atoms with E-state index in [1.165, 1.54) is 52.2 Å². The Morgan fingerprint density at radius 2 is 1.66 bits per heavy atom. The molecule has 32 heavy (non-hydrogen) atoms. The molecule has 0 heterocycles. The van der Waals surface area contributed by atoms with Crippen molar-refractivity contribution in [2.45, 2.75) is 53.4 Å². The molecule has 0 bridgehead atoms. The predicted octanol–water partition coefficient (Wildman–Crippen LogP) is 7.09. The summed E-state index contributed by atoms with van der Waals surface area (Å²) in [6.07, 6.45) is 4.54. The molecule has 0 aromatic heterocycles. The molecule has 0 fully saturated rings. The van der Waals surface area contributed by atoms with Crippen LogP contribution in [0.1, 0.15) is 49.4 Å². The summed E-state index contributed by atoms with van der Waals surface area (Å²) in [5.41, 5.74) is 9.23. The van der Waals surface area contributed by atoms with Crippen LogP contribution in [-0.4, -0.2) is 19.0 Å². The topological polar surface area (TPSA) is 18.8 Å². The van der Waals surface area contributed by atoms with Crippen molar-refractivity contribution in [2.24, 2.45) is 4.99 Å². The molecule has 1 aliphatic carbocycles. The van der Waals surface area contributed by atoms with Gasteiger partial charge in [0.2, 0.25) is 5.96 Å². The Morgan fingerprint density at radius 1 is 0.875 bits per heavy atom. The van der Waals surface area contributed by atoms with Gasteiger partial charge < -0.3 is 4.90 Å². The minimum absolute atomic E-state index is 0.733. The van der Waals surface area contributed by atoms with E-state index in [1.807, 2.05) is 0 Å². The fraction of sp³-hybridized carbons (Fsp3) is 0.345. The van der Waals surface area contributed by atoms with Crippen LogP contribution < -0.4 is 9.80 Å². The van der Waals surface area contributed by atoms with Crippen LogP contribution in [0.2, 0.25) is 0 Å². The van der Waals surface area contributed by atoms with Crippen molar-refractivity contribution in [3.8, 4) is 0 Å². The van der Waals surface area contributed by atoms with Gasteiger partial charge in [0.05, 0.1) is 5.69 Å². The fourth-order valence-electron chi connectivity index (χ4n) is 4.79. The number of aryl methyl sites for hydroxylation is 3. The highest BCUT2D eigenvalue weighted by atomic mass is 15.4. The molecule has 3 heteroatoms. The van der Waals surface area contributed by atoms with E-state index < -0.39 is 0 Å². The zero-order valence-electron chi connectivity index (χ0n) is 19.9. The average molecular weight is 426 g/mol. The molecule has 0 spiro atoms. The summed E-state index contributed by atoms with van der Waals surface area (Å²) in [7, 11) is 0. The lowest BCUT2D eigenvalue weighted by Gasteiger charge is -2.36. The Balaban J connectivity index is 1.94. The molecule has 166 valence electrons. The Hall–Kier alpha value is -3.07. The molecule has 0 N–H and O–H groups in total. The number of hydrogen-bond acceptors (Lipinski definition) is 1. The van der Waals surface area contributed by atoms with Gasteiger partial charge in [0, 0.05) is 24.5 Å². The first-order valence-electron chi connectivity index (χ1n) is 12.0. The summed E-state index contributed by atoms with van der Waals surface area (Å²) < 4.78 is 0. The normalized spacial score (nSPS) is 13.2. The van der Waals surface area contributed by atoms with E-state index in [-0.39, 0.29) is 0 Å². The largest absolute Gasteiger partial charge is 0.312 e. The number of benzene rings is 3. The van der Waals surface area contributed by atoms with Gasteiger partial charge >= 0.3 is 0 Å². The van der Waals surface area contributed by atoms with Crippen LogP contribution in [0.15, 0.2) is 71.7 Å². The molecular formula is C29H35N3. The van der Waals surface area contributed by atoms with Crippen LogP contribution >= 0.6 is 0 Å². The molecule has 4 rings (SSSR count). The van der Waals surface area contributed by atoms with E-state index in [4.69, 9.17) is 4.99 Å². The number of guanidine groups is 1. The van der Waals surface area contributed by atoms with Crippen LogP contribution in [0.25, 0.3) is 0 Å². The van der Waals surface area contributed by atoms with Crippen LogP contribution in [0.4, 0.5) is 17.1 Å². The summed E-state index contributed by atoms with van der Waals surface area (Å²) in [5, 5.41) is 0. The van der Waals surface area contributed by atoms with E-state index >= 15 is 0 Å². The van der Waals surface area contributed by atoms with Crippen molar-refractivity contribution >= 4 is 23.0 Å². The SMILES string of the molecule is CCN=C(N(CC)c1ccccc1C)N(c1cccc(CC)c1)c1cccc2c1CCC2. The molecule has 0 aliphatic heterocycles. The number of rotatable bonds is 6. The molecule has 0 unspecified atom stereocenters. The van der Waals surface area contributed by atoms with Gasteiger partial charge in [-0.3, -0.25) is 9.89 Å². The molecule has 3 nitrogen and oxygen atoms in total. The summed E-state index contributed by atoms with van der Waals surface area (Å²) in [4.78, 5) is 9.89. The van der Waals surface area contributed by atoms with E-state index in [2.05, 4.69) is 104 Å².